The predicted molar refractivity (Wildman–Crippen MR) is 87.0 cm³/mol. The molecule has 0 amide bonds. The van der Waals surface area contributed by atoms with E-state index < -0.39 is 0 Å². The first-order chi connectivity index (χ1) is 10.7. The molecule has 0 saturated heterocycles. The van der Waals surface area contributed by atoms with Crippen LogP contribution in [0.15, 0.2) is 36.7 Å². The summed E-state index contributed by atoms with van der Waals surface area (Å²) in [6, 6.07) is 10.2. The molecule has 0 radical (unpaired) electrons. The van der Waals surface area contributed by atoms with Gasteiger partial charge in [0.15, 0.2) is 0 Å². The molecule has 0 aromatic carbocycles. The fourth-order valence-corrected chi connectivity index (χ4v) is 2.80. The quantitative estimate of drug-likeness (QED) is 0.733. The average molecular weight is 290 g/mol. The molecule has 110 valence electrons. The van der Waals surface area contributed by atoms with Crippen LogP contribution in [-0.2, 0) is 6.42 Å². The molecule has 3 aromatic rings. The van der Waals surface area contributed by atoms with Crippen LogP contribution in [0.5, 0.6) is 0 Å². The van der Waals surface area contributed by atoms with E-state index in [1.54, 1.807) is 6.20 Å². The van der Waals surface area contributed by atoms with Crippen LogP contribution in [0, 0.1) is 11.3 Å². The maximum atomic E-state index is 9.68. The molecule has 0 aliphatic rings. The summed E-state index contributed by atoms with van der Waals surface area (Å²) < 4.78 is 2.01. The van der Waals surface area contributed by atoms with Gasteiger partial charge in [-0.1, -0.05) is 26.8 Å². The second-order valence-electron chi connectivity index (χ2n) is 5.62. The van der Waals surface area contributed by atoms with Gasteiger partial charge in [-0.25, -0.2) is 9.97 Å². The summed E-state index contributed by atoms with van der Waals surface area (Å²) in [7, 11) is 0. The lowest BCUT2D eigenvalue weighted by atomic mass is 10.0. The minimum atomic E-state index is 0.205. The molecule has 0 aliphatic heterocycles. The molecule has 0 atom stereocenters. The Morgan fingerprint density at radius 1 is 1.27 bits per heavy atom. The molecule has 4 nitrogen and oxygen atoms in total. The van der Waals surface area contributed by atoms with Gasteiger partial charge in [-0.05, 0) is 36.1 Å². The van der Waals surface area contributed by atoms with Gasteiger partial charge in [0.2, 0.25) is 0 Å². The lowest BCUT2D eigenvalue weighted by Crippen LogP contribution is -2.05. The van der Waals surface area contributed by atoms with E-state index in [9.17, 15) is 5.26 Å². The first-order valence-corrected chi connectivity index (χ1v) is 7.52. The van der Waals surface area contributed by atoms with Crippen LogP contribution in [0.3, 0.4) is 0 Å². The van der Waals surface area contributed by atoms with E-state index in [-0.39, 0.29) is 5.92 Å². The summed E-state index contributed by atoms with van der Waals surface area (Å²) in [5.41, 5.74) is 3.61. The Morgan fingerprint density at radius 3 is 2.68 bits per heavy atom. The van der Waals surface area contributed by atoms with Crippen LogP contribution in [0.4, 0.5) is 0 Å². The zero-order valence-corrected chi connectivity index (χ0v) is 13.0. The number of nitrogens with zero attached hydrogens (tertiary/aromatic N) is 4. The molecule has 3 aromatic heterocycles. The highest BCUT2D eigenvalue weighted by molar-refractivity contribution is 5.87. The number of nitriles is 1. The van der Waals surface area contributed by atoms with Crippen molar-refractivity contribution in [3.8, 4) is 11.9 Å². The van der Waals surface area contributed by atoms with E-state index in [4.69, 9.17) is 0 Å². The summed E-state index contributed by atoms with van der Waals surface area (Å²) in [4.78, 5) is 9.06. The Morgan fingerprint density at radius 2 is 2.09 bits per heavy atom. The van der Waals surface area contributed by atoms with Gasteiger partial charge in [0.1, 0.15) is 17.5 Å². The molecule has 0 spiro atoms. The molecular weight excluding hydrogens is 272 g/mol. The molecule has 3 rings (SSSR count). The minimum absolute atomic E-state index is 0.205. The summed E-state index contributed by atoms with van der Waals surface area (Å²) in [6.45, 7) is 6.28. The van der Waals surface area contributed by atoms with Crippen molar-refractivity contribution in [2.24, 2.45) is 0 Å². The normalized spacial score (nSPS) is 11.0. The highest BCUT2D eigenvalue weighted by atomic mass is 15.1. The van der Waals surface area contributed by atoms with E-state index in [0.29, 0.717) is 5.56 Å². The minimum Gasteiger partial charge on any atom is -0.281 e. The molecule has 0 unspecified atom stereocenters. The van der Waals surface area contributed by atoms with Gasteiger partial charge in [-0.2, -0.15) is 5.26 Å². The van der Waals surface area contributed by atoms with Crippen LogP contribution in [0.1, 0.15) is 43.5 Å². The second-order valence-corrected chi connectivity index (χ2v) is 5.62. The van der Waals surface area contributed by atoms with Crippen LogP contribution < -0.4 is 0 Å². The Bertz CT molecular complexity index is 854. The second kappa shape index (κ2) is 5.61. The first-order valence-electron chi connectivity index (χ1n) is 7.52. The number of aromatic nitrogens is 3. The van der Waals surface area contributed by atoms with Gasteiger partial charge in [0.05, 0.1) is 5.56 Å². The van der Waals surface area contributed by atoms with Crippen molar-refractivity contribution in [3.05, 3.63) is 53.5 Å². The van der Waals surface area contributed by atoms with E-state index >= 15 is 0 Å². The molecule has 4 heteroatoms. The Labute approximate surface area is 130 Å². The number of pyridine rings is 2. The van der Waals surface area contributed by atoms with Crippen LogP contribution >= 0.6 is 0 Å². The fraction of sp³-hybridized carbons (Fsp3) is 0.278. The smallest absolute Gasteiger partial charge is 0.147 e. The van der Waals surface area contributed by atoms with Gasteiger partial charge >= 0.3 is 0 Å². The maximum absolute atomic E-state index is 9.68. The molecule has 0 fully saturated rings. The highest BCUT2D eigenvalue weighted by Crippen LogP contribution is 2.32. The highest BCUT2D eigenvalue weighted by Gasteiger charge is 2.22. The topological polar surface area (TPSA) is 54.5 Å². The molecule has 0 bridgehead atoms. The molecule has 3 heterocycles. The Hall–Kier alpha value is -2.67. The molecule has 22 heavy (non-hydrogen) atoms. The van der Waals surface area contributed by atoms with Crippen molar-refractivity contribution < 1.29 is 0 Å². The molecular formula is C18H18N4. The lowest BCUT2D eigenvalue weighted by Gasteiger charge is -2.12. The SMILES string of the molecule is CCc1cnc2c(c1)c(C#N)c(C(C)C)n2-c1ccccn1. The number of aryl methyl sites for hydroxylation is 1. The fourth-order valence-electron chi connectivity index (χ4n) is 2.80. The van der Waals surface area contributed by atoms with Crippen molar-refractivity contribution in [1.82, 2.24) is 14.5 Å². The van der Waals surface area contributed by atoms with Crippen molar-refractivity contribution in [3.63, 3.8) is 0 Å². The van der Waals surface area contributed by atoms with E-state index in [1.807, 2.05) is 29.0 Å². The van der Waals surface area contributed by atoms with Gasteiger partial charge in [0.25, 0.3) is 0 Å². The number of hydrogen-bond donors (Lipinski definition) is 0. The Balaban J connectivity index is 2.44. The zero-order valence-electron chi connectivity index (χ0n) is 13.0. The van der Waals surface area contributed by atoms with Crippen LogP contribution in [0.2, 0.25) is 0 Å². The standard InChI is InChI=1S/C18H18N4/c1-4-13-9-14-15(10-19)17(12(2)3)22(18(14)21-11-13)16-7-5-6-8-20-16/h5-9,11-12H,4H2,1-3H3. The van der Waals surface area contributed by atoms with Crippen molar-refractivity contribution in [1.29, 1.82) is 5.26 Å². The van der Waals surface area contributed by atoms with Crippen molar-refractivity contribution in [2.75, 3.05) is 0 Å². The van der Waals surface area contributed by atoms with Gasteiger partial charge < -0.3 is 0 Å². The van der Waals surface area contributed by atoms with Crippen molar-refractivity contribution >= 4 is 11.0 Å². The molecule has 0 aliphatic carbocycles. The lowest BCUT2D eigenvalue weighted by molar-refractivity contribution is 0.780. The predicted octanol–water partition coefficient (Wildman–Crippen LogP) is 3.98. The monoisotopic (exact) mass is 290 g/mol. The van der Waals surface area contributed by atoms with E-state index in [2.05, 4.69) is 42.9 Å². The average Bonchev–Trinajstić information content (AvgIpc) is 2.89. The van der Waals surface area contributed by atoms with Gasteiger partial charge in [-0.15, -0.1) is 0 Å². The summed E-state index contributed by atoms with van der Waals surface area (Å²) >= 11 is 0. The summed E-state index contributed by atoms with van der Waals surface area (Å²) in [6.07, 6.45) is 4.55. The van der Waals surface area contributed by atoms with Crippen LogP contribution in [-0.4, -0.2) is 14.5 Å². The third kappa shape index (κ3) is 2.15. The molecule has 0 N–H and O–H groups in total. The van der Waals surface area contributed by atoms with Crippen molar-refractivity contribution in [2.45, 2.75) is 33.1 Å². The largest absolute Gasteiger partial charge is 0.281 e. The number of rotatable bonds is 3. The van der Waals surface area contributed by atoms with Gasteiger partial charge in [0, 0.05) is 23.5 Å². The van der Waals surface area contributed by atoms with Crippen LogP contribution in [0.25, 0.3) is 16.9 Å². The maximum Gasteiger partial charge on any atom is 0.147 e. The van der Waals surface area contributed by atoms with Gasteiger partial charge in [-0.3, -0.25) is 4.57 Å². The van der Waals surface area contributed by atoms with E-state index in [0.717, 1.165) is 34.5 Å². The number of fused-ring (bicyclic) bond motifs is 1. The summed E-state index contributed by atoms with van der Waals surface area (Å²) in [5, 5.41) is 10.6. The third-order valence-electron chi connectivity index (χ3n) is 3.85. The summed E-state index contributed by atoms with van der Waals surface area (Å²) in [5.74, 6) is 1.00. The zero-order chi connectivity index (χ0) is 15.7. The number of hydrogen-bond acceptors (Lipinski definition) is 3. The Kier molecular flexibility index (Phi) is 3.64. The first kappa shape index (κ1) is 14.3. The van der Waals surface area contributed by atoms with E-state index in [1.165, 1.54) is 0 Å². The molecule has 0 saturated carbocycles. The third-order valence-corrected chi connectivity index (χ3v) is 3.85.